The van der Waals surface area contributed by atoms with E-state index >= 15 is 0 Å². The maximum absolute atomic E-state index is 14.1. The predicted octanol–water partition coefficient (Wildman–Crippen LogP) is 4.89. The van der Waals surface area contributed by atoms with E-state index in [4.69, 9.17) is 0 Å². The topological polar surface area (TPSA) is 102 Å². The Bertz CT molecular complexity index is 1140. The van der Waals surface area contributed by atoms with Crippen LogP contribution in [0.15, 0.2) is 11.8 Å². The molecule has 0 aromatic carbocycles. The minimum absolute atomic E-state index is 0.0158. The van der Waals surface area contributed by atoms with Crippen LogP contribution in [-0.2, 0) is 14.4 Å². The average Bonchev–Trinajstić information content (AvgIpc) is 3.60. The van der Waals surface area contributed by atoms with Gasteiger partial charge in [-0.2, -0.15) is 0 Å². The molecule has 2 heterocycles. The summed E-state index contributed by atoms with van der Waals surface area (Å²) in [7, 11) is 1.88. The molecule has 0 radical (unpaired) electrons. The van der Waals surface area contributed by atoms with Crippen LogP contribution < -0.4 is 10.6 Å². The van der Waals surface area contributed by atoms with E-state index < -0.39 is 18.2 Å². The number of aliphatic hydroxyl groups excluding tert-OH is 1. The largest absolute Gasteiger partial charge is 0.391 e. The average molecular weight is 688 g/mol. The number of aliphatic hydroxyl groups is 1. The number of alkyl halides is 1. The molecule has 45 heavy (non-hydrogen) atoms. The highest BCUT2D eigenvalue weighted by molar-refractivity contribution is 9.09. The molecule has 8 aliphatic rings. The molecule has 2 aliphatic heterocycles. The summed E-state index contributed by atoms with van der Waals surface area (Å²) < 4.78 is 0. The third-order valence-electron chi connectivity index (χ3n) is 13.1. The van der Waals surface area contributed by atoms with Crippen molar-refractivity contribution in [3.63, 3.8) is 0 Å². The van der Waals surface area contributed by atoms with E-state index in [1.807, 2.05) is 11.9 Å². The Kier molecular flexibility index (Phi) is 9.32. The van der Waals surface area contributed by atoms with Crippen molar-refractivity contribution in [2.45, 2.75) is 138 Å². The number of carbonyl (C=O) groups excluding carboxylic acids is 3. The Morgan fingerprint density at radius 1 is 1.02 bits per heavy atom. The molecule has 8 rings (SSSR count). The first-order chi connectivity index (χ1) is 21.7. The molecule has 6 unspecified atom stereocenters. The van der Waals surface area contributed by atoms with Gasteiger partial charge in [-0.05, 0) is 111 Å². The second kappa shape index (κ2) is 13.1. The number of rotatable bonds is 9. The summed E-state index contributed by atoms with van der Waals surface area (Å²) >= 11 is 3.86. The number of likely N-dealkylation sites (N-methyl/N-ethyl adjacent to an activating group) is 1. The quantitative estimate of drug-likeness (QED) is 0.300. The van der Waals surface area contributed by atoms with Crippen LogP contribution in [0.5, 0.6) is 0 Å². The molecule has 0 aromatic rings. The fraction of sp³-hybridized carbons (Fsp3) is 0.861. The lowest BCUT2D eigenvalue weighted by Crippen LogP contribution is -2.55. The van der Waals surface area contributed by atoms with Crippen molar-refractivity contribution >= 4 is 33.7 Å². The third-order valence-corrected chi connectivity index (χ3v) is 14.3. The van der Waals surface area contributed by atoms with Crippen LogP contribution in [0, 0.1) is 35.0 Å². The van der Waals surface area contributed by atoms with Gasteiger partial charge in [-0.25, -0.2) is 0 Å². The van der Waals surface area contributed by atoms with Crippen LogP contribution >= 0.6 is 15.9 Å². The van der Waals surface area contributed by atoms with Gasteiger partial charge < -0.3 is 25.5 Å². The normalized spacial score (nSPS) is 40.8. The number of halogens is 1. The van der Waals surface area contributed by atoms with Crippen molar-refractivity contribution in [1.82, 2.24) is 20.4 Å². The van der Waals surface area contributed by atoms with Gasteiger partial charge in [-0.3, -0.25) is 14.4 Å². The van der Waals surface area contributed by atoms with Gasteiger partial charge in [0.15, 0.2) is 0 Å². The molecule has 3 N–H and O–H groups in total. The predicted molar refractivity (Wildman–Crippen MR) is 177 cm³/mol. The smallest absolute Gasteiger partial charge is 0.245 e. The van der Waals surface area contributed by atoms with Crippen LogP contribution in [0.3, 0.4) is 0 Å². The number of nitrogens with zero attached hydrogens (tertiary/aromatic N) is 2. The second-order valence-electron chi connectivity index (χ2n) is 16.5. The summed E-state index contributed by atoms with van der Waals surface area (Å²) in [5.74, 6) is 2.75. The zero-order chi connectivity index (χ0) is 31.3. The Morgan fingerprint density at radius 3 is 2.40 bits per heavy atom. The van der Waals surface area contributed by atoms with Gasteiger partial charge in [-0.15, -0.1) is 0 Å². The number of carbonyl (C=O) groups is 3. The van der Waals surface area contributed by atoms with Gasteiger partial charge in [-0.1, -0.05) is 41.6 Å². The first-order valence-electron chi connectivity index (χ1n) is 18.3. The van der Waals surface area contributed by atoms with E-state index in [2.05, 4.69) is 32.8 Å². The molecule has 4 bridgehead atoms. The fourth-order valence-corrected chi connectivity index (χ4v) is 12.1. The number of β-amino-alcohol motifs (C(OH)–C–C–N with tert-alkyl or cyclic N) is 1. The molecule has 1 saturated heterocycles. The van der Waals surface area contributed by atoms with Crippen LogP contribution in [0.2, 0.25) is 0 Å². The van der Waals surface area contributed by atoms with Crippen LogP contribution in [0.1, 0.15) is 109 Å². The van der Waals surface area contributed by atoms with E-state index in [0.29, 0.717) is 42.1 Å². The van der Waals surface area contributed by atoms with Gasteiger partial charge in [0.1, 0.15) is 12.1 Å². The Balaban J connectivity index is 1.05. The summed E-state index contributed by atoms with van der Waals surface area (Å²) in [5, 5.41) is 17.4. The molecule has 0 spiro atoms. The maximum Gasteiger partial charge on any atom is 0.245 e. The standard InChI is InChI=1S/C36H55BrN4O4/c1-40(20-25-6-2-4-8-29(25)37)35(45)31(13-26-19-38-30-9-5-3-7-28(26)30)39-34(44)32-14-27(42)21-41(32)33(43)18-36-15-22-10-23(16-36)12-24(11-22)17-36/h19,22-25,27-32,38,42H,2-18,20-21H2,1H3,(H,39,44)/t22?,23?,24?,25?,27-,28?,29?,30?,31?,32?,36?/m1/s1. The number of hydrogen-bond donors (Lipinski definition) is 3. The number of nitrogens with one attached hydrogen (secondary N) is 2. The lowest BCUT2D eigenvalue weighted by Gasteiger charge is -2.57. The third kappa shape index (κ3) is 6.73. The second-order valence-corrected chi connectivity index (χ2v) is 17.6. The van der Waals surface area contributed by atoms with Gasteiger partial charge in [0.25, 0.3) is 0 Å². The van der Waals surface area contributed by atoms with Crippen molar-refractivity contribution < 1.29 is 19.5 Å². The molecule has 7 atom stereocenters. The van der Waals surface area contributed by atoms with Crippen molar-refractivity contribution in [1.29, 1.82) is 0 Å². The van der Waals surface area contributed by atoms with Crippen molar-refractivity contribution in [2.24, 2.45) is 35.0 Å². The Labute approximate surface area is 278 Å². The summed E-state index contributed by atoms with van der Waals surface area (Å²) in [5.41, 5.74) is 1.30. The minimum atomic E-state index is -0.731. The highest BCUT2D eigenvalue weighted by atomic mass is 79.9. The first-order valence-corrected chi connectivity index (χ1v) is 19.2. The molecule has 0 aromatic heterocycles. The highest BCUT2D eigenvalue weighted by Crippen LogP contribution is 2.61. The van der Waals surface area contributed by atoms with Gasteiger partial charge in [0.2, 0.25) is 17.7 Å². The monoisotopic (exact) mass is 686 g/mol. The van der Waals surface area contributed by atoms with E-state index in [1.54, 1.807) is 4.90 Å². The van der Waals surface area contributed by atoms with E-state index in [1.165, 1.54) is 50.5 Å². The van der Waals surface area contributed by atoms with Crippen molar-refractivity contribution in [2.75, 3.05) is 20.1 Å². The first kappa shape index (κ1) is 32.0. The fourth-order valence-electron chi connectivity index (χ4n) is 11.4. The summed E-state index contributed by atoms with van der Waals surface area (Å²) in [6, 6.07) is -0.992. The Morgan fingerprint density at radius 2 is 1.69 bits per heavy atom. The zero-order valence-corrected chi connectivity index (χ0v) is 28.8. The lowest BCUT2D eigenvalue weighted by molar-refractivity contribution is -0.145. The molecule has 6 aliphatic carbocycles. The van der Waals surface area contributed by atoms with E-state index in [0.717, 1.165) is 62.7 Å². The van der Waals surface area contributed by atoms with Crippen molar-refractivity contribution in [3.8, 4) is 0 Å². The molecular formula is C36H55BrN4O4. The zero-order valence-electron chi connectivity index (χ0n) is 27.2. The van der Waals surface area contributed by atoms with Gasteiger partial charge in [0, 0.05) is 49.8 Å². The molecule has 9 heteroatoms. The SMILES string of the molecule is CN(CC1CCCCC1Br)C(=O)C(CC1=CNC2CCCCC12)NC(=O)C1C[C@@H](O)CN1C(=O)CC12CC3CC(CC(C3)C1)C2. The lowest BCUT2D eigenvalue weighted by atomic mass is 9.49. The van der Waals surface area contributed by atoms with Crippen LogP contribution in [0.4, 0.5) is 0 Å². The van der Waals surface area contributed by atoms with Gasteiger partial charge >= 0.3 is 0 Å². The molecular weight excluding hydrogens is 632 g/mol. The molecule has 8 nitrogen and oxygen atoms in total. The maximum atomic E-state index is 14.1. The molecule has 6 saturated carbocycles. The summed E-state index contributed by atoms with van der Waals surface area (Å²) in [6.45, 7) is 0.872. The molecule has 7 fully saturated rings. The van der Waals surface area contributed by atoms with E-state index in [-0.39, 0.29) is 36.1 Å². The van der Waals surface area contributed by atoms with E-state index in [9.17, 15) is 19.5 Å². The van der Waals surface area contributed by atoms with Crippen LogP contribution in [0.25, 0.3) is 0 Å². The highest BCUT2D eigenvalue weighted by Gasteiger charge is 2.53. The Hall–Kier alpha value is -1.61. The van der Waals surface area contributed by atoms with Crippen molar-refractivity contribution in [3.05, 3.63) is 11.8 Å². The number of hydrogen-bond acceptors (Lipinski definition) is 5. The summed E-state index contributed by atoms with van der Waals surface area (Å²) in [4.78, 5) is 46.1. The summed E-state index contributed by atoms with van der Waals surface area (Å²) in [6.07, 6.45) is 19.3. The molecule has 3 amide bonds. The minimum Gasteiger partial charge on any atom is -0.391 e. The van der Waals surface area contributed by atoms with Crippen LogP contribution in [-0.4, -0.2) is 81.8 Å². The number of likely N-dealkylation sites (tertiary alicyclic amines) is 1. The molecule has 250 valence electrons. The number of amides is 3. The van der Waals surface area contributed by atoms with Gasteiger partial charge in [0.05, 0.1) is 6.10 Å². The number of fused-ring (bicyclic) bond motifs is 1.